The maximum Gasteiger partial charge on any atom is 0.264 e. The Morgan fingerprint density at radius 1 is 0.719 bits per heavy atom. The van der Waals surface area contributed by atoms with Gasteiger partial charge in [-0.05, 0) is 98.2 Å². The highest BCUT2D eigenvalue weighted by molar-refractivity contribution is 7.93. The molecule has 2 saturated heterocycles. The third kappa shape index (κ3) is 9.92. The highest BCUT2D eigenvalue weighted by Gasteiger charge is 2.27. The van der Waals surface area contributed by atoms with Gasteiger partial charge in [-0.1, -0.05) is 57.2 Å². The molecule has 306 valence electrons. The second-order valence-corrected chi connectivity index (χ2v) is 19.7. The molecule has 3 N–H and O–H groups in total. The summed E-state index contributed by atoms with van der Waals surface area (Å²) in [5, 5.41) is 3.37. The summed E-state index contributed by atoms with van der Waals surface area (Å²) >= 11 is 0. The van der Waals surface area contributed by atoms with Gasteiger partial charge in [0.05, 0.1) is 43.6 Å². The first-order chi connectivity index (χ1) is 27.2. The van der Waals surface area contributed by atoms with Crippen LogP contribution in [0.25, 0.3) is 11.0 Å². The Hall–Kier alpha value is -4.63. The number of anilines is 4. The predicted octanol–water partition coefficient (Wildman–Crippen LogP) is 7.52. The molecule has 0 radical (unpaired) electrons. The fourth-order valence-electron chi connectivity index (χ4n) is 7.15. The highest BCUT2D eigenvalue weighted by Crippen LogP contribution is 2.33. The number of imidazole rings is 1. The minimum Gasteiger partial charge on any atom is -0.397 e. The number of aromatic nitrogens is 2. The molecule has 5 aromatic rings. The van der Waals surface area contributed by atoms with Gasteiger partial charge in [0.2, 0.25) is 0 Å². The van der Waals surface area contributed by atoms with Gasteiger partial charge < -0.3 is 25.1 Å². The van der Waals surface area contributed by atoms with E-state index < -0.39 is 20.0 Å². The van der Waals surface area contributed by atoms with Gasteiger partial charge in [-0.25, -0.2) is 21.8 Å². The van der Waals surface area contributed by atoms with E-state index in [4.69, 9.17) is 20.2 Å². The van der Waals surface area contributed by atoms with Crippen molar-refractivity contribution < 1.29 is 26.3 Å². The second-order valence-electron chi connectivity index (χ2n) is 15.8. The molecule has 7 rings (SSSR count). The van der Waals surface area contributed by atoms with E-state index >= 15 is 0 Å². The number of nitrogens with one attached hydrogen (secondary N) is 1. The zero-order valence-electron chi connectivity index (χ0n) is 33.6. The van der Waals surface area contributed by atoms with Gasteiger partial charge in [-0.2, -0.15) is 0 Å². The molecule has 3 heterocycles. The first-order valence-electron chi connectivity index (χ1n) is 19.5. The number of hydrogen-bond donors (Lipinski definition) is 2. The monoisotopic (exact) mass is 816 g/mol. The zero-order chi connectivity index (χ0) is 40.8. The van der Waals surface area contributed by atoms with Crippen molar-refractivity contribution in [1.82, 2.24) is 9.55 Å². The van der Waals surface area contributed by atoms with Crippen LogP contribution in [0.4, 0.5) is 22.7 Å². The third-order valence-electron chi connectivity index (χ3n) is 10.7. The largest absolute Gasteiger partial charge is 0.397 e. The topological polar surface area (TPSA) is 149 Å². The van der Waals surface area contributed by atoms with Gasteiger partial charge in [-0.15, -0.1) is 0 Å². The number of nitrogens with zero attached hydrogens (tertiary/aromatic N) is 4. The van der Waals surface area contributed by atoms with Crippen LogP contribution in [0, 0.1) is 11.8 Å². The minimum atomic E-state index is -3.63. The van der Waals surface area contributed by atoms with Gasteiger partial charge in [-0.3, -0.25) is 8.61 Å². The lowest BCUT2D eigenvalue weighted by molar-refractivity contribution is 0.0611. The summed E-state index contributed by atoms with van der Waals surface area (Å²) in [6.07, 6.45) is 4.20. The number of fused-ring (bicyclic) bond motifs is 1. The van der Waals surface area contributed by atoms with Crippen molar-refractivity contribution in [2.24, 2.45) is 11.8 Å². The Kier molecular flexibility index (Phi) is 13.2. The second kappa shape index (κ2) is 17.9. The molecule has 0 saturated carbocycles. The van der Waals surface area contributed by atoms with Gasteiger partial charge >= 0.3 is 0 Å². The lowest BCUT2D eigenvalue weighted by Crippen LogP contribution is -2.26. The van der Waals surface area contributed by atoms with Crippen LogP contribution < -0.4 is 19.7 Å². The molecular formula is C43H56N6O6S2. The maximum atomic E-state index is 13.1. The van der Waals surface area contributed by atoms with E-state index in [2.05, 4.69) is 30.7 Å². The number of rotatable bonds is 11. The molecule has 57 heavy (non-hydrogen) atoms. The van der Waals surface area contributed by atoms with E-state index in [1.54, 1.807) is 73.8 Å². The van der Waals surface area contributed by atoms with Crippen LogP contribution in [0.5, 0.6) is 0 Å². The van der Waals surface area contributed by atoms with E-state index in [9.17, 15) is 16.8 Å². The summed E-state index contributed by atoms with van der Waals surface area (Å²) in [5.74, 6) is 2.16. The number of nitrogen functional groups attached to an aromatic ring is 1. The summed E-state index contributed by atoms with van der Waals surface area (Å²) < 4.78 is 67.3. The van der Waals surface area contributed by atoms with Crippen LogP contribution >= 0.6 is 0 Å². The fraction of sp³-hybridized carbons (Fsp3) is 0.419. The third-order valence-corrected chi connectivity index (χ3v) is 14.3. The van der Waals surface area contributed by atoms with E-state index in [1.165, 1.54) is 15.7 Å². The zero-order valence-corrected chi connectivity index (χ0v) is 35.2. The van der Waals surface area contributed by atoms with Crippen LogP contribution in [-0.4, -0.2) is 73.5 Å². The first-order valence-corrected chi connectivity index (χ1v) is 22.4. The molecular weight excluding hydrogens is 761 g/mol. The smallest absolute Gasteiger partial charge is 0.264 e. The SMILES string of the molecule is CN(c1ccc(NCC2CCOCC2)c(N)c1)S(=O)(=O)c1ccccc1.CN(c1ccc2c(c1)nc(C(C)(C)C)n2CC1CCOCC1)S(=O)(=O)c1ccccc1. The maximum absolute atomic E-state index is 13.1. The quantitative estimate of drug-likeness (QED) is 0.129. The molecule has 2 aliphatic rings. The Labute approximate surface area is 338 Å². The first kappa shape index (κ1) is 42.0. The van der Waals surface area contributed by atoms with Crippen molar-refractivity contribution in [3.05, 3.63) is 103 Å². The van der Waals surface area contributed by atoms with Crippen molar-refractivity contribution in [3.63, 3.8) is 0 Å². The number of sulfonamides is 2. The molecule has 14 heteroatoms. The Morgan fingerprint density at radius 3 is 1.72 bits per heavy atom. The number of hydrogen-bond acceptors (Lipinski definition) is 9. The fourth-order valence-corrected chi connectivity index (χ4v) is 9.57. The molecule has 0 bridgehead atoms. The number of benzene rings is 4. The molecule has 12 nitrogen and oxygen atoms in total. The Balaban J connectivity index is 0.000000196. The van der Waals surface area contributed by atoms with Crippen molar-refractivity contribution >= 4 is 53.8 Å². The number of ether oxygens (including phenoxy) is 2. The molecule has 0 spiro atoms. The van der Waals surface area contributed by atoms with Crippen LogP contribution in [0.1, 0.15) is 52.3 Å². The molecule has 2 fully saturated rings. The van der Waals surface area contributed by atoms with Crippen molar-refractivity contribution in [2.45, 2.75) is 68.2 Å². The van der Waals surface area contributed by atoms with Gasteiger partial charge in [0.1, 0.15) is 5.82 Å². The average molecular weight is 817 g/mol. The molecule has 0 aliphatic carbocycles. The van der Waals surface area contributed by atoms with Crippen molar-refractivity contribution in [3.8, 4) is 0 Å². The Morgan fingerprint density at radius 2 is 1.21 bits per heavy atom. The molecule has 4 aromatic carbocycles. The molecule has 0 unspecified atom stereocenters. The average Bonchev–Trinajstić information content (AvgIpc) is 3.59. The highest BCUT2D eigenvalue weighted by atomic mass is 32.2. The Bertz CT molecular complexity index is 2320. The predicted molar refractivity (Wildman–Crippen MR) is 229 cm³/mol. The van der Waals surface area contributed by atoms with Crippen molar-refractivity contribution in [1.29, 1.82) is 0 Å². The summed E-state index contributed by atoms with van der Waals surface area (Å²) in [6.45, 7) is 11.5. The summed E-state index contributed by atoms with van der Waals surface area (Å²) in [6, 6.07) is 27.9. The van der Waals surface area contributed by atoms with E-state index in [1.807, 2.05) is 30.3 Å². The van der Waals surface area contributed by atoms with E-state index in [0.29, 0.717) is 28.9 Å². The summed E-state index contributed by atoms with van der Waals surface area (Å²) in [4.78, 5) is 5.49. The van der Waals surface area contributed by atoms with E-state index in [0.717, 1.165) is 87.7 Å². The number of nitrogens with two attached hydrogens (primary N) is 1. The van der Waals surface area contributed by atoms with Gasteiger partial charge in [0, 0.05) is 59.0 Å². The lowest BCUT2D eigenvalue weighted by atomic mass is 9.94. The normalized spacial score (nSPS) is 15.8. The molecule has 0 amide bonds. The van der Waals surface area contributed by atoms with Gasteiger partial charge in [0.15, 0.2) is 0 Å². The van der Waals surface area contributed by atoms with Crippen LogP contribution in [0.2, 0.25) is 0 Å². The molecule has 2 aliphatic heterocycles. The van der Waals surface area contributed by atoms with Crippen LogP contribution in [-0.2, 0) is 41.5 Å². The standard InChI is InChI=1S/C24H31N3O3S.C19H25N3O3S/c1-24(2,3)23-25-21-16-19(26(4)31(28,29)20-8-6-5-7-9-20)10-11-22(21)27(23)17-18-12-14-30-15-13-18;1-22(26(23,24)17-5-3-2-4-6-17)16-7-8-19(18(20)13-16)21-14-15-9-11-25-12-10-15/h5-11,16,18H,12-15,17H2,1-4H3;2-8,13,15,21H,9-12,14,20H2,1H3. The minimum absolute atomic E-state index is 0.119. The summed E-state index contributed by atoms with van der Waals surface area (Å²) in [7, 11) is -4.11. The van der Waals surface area contributed by atoms with Crippen molar-refractivity contribution in [2.75, 3.05) is 66.7 Å². The van der Waals surface area contributed by atoms with E-state index in [-0.39, 0.29) is 15.2 Å². The molecule has 1 aromatic heterocycles. The molecule has 0 atom stereocenters. The summed E-state index contributed by atoms with van der Waals surface area (Å²) in [5.41, 5.74) is 10.4. The van der Waals surface area contributed by atoms with Crippen LogP contribution in [0.15, 0.2) is 107 Å². The van der Waals surface area contributed by atoms with Crippen LogP contribution in [0.3, 0.4) is 0 Å². The van der Waals surface area contributed by atoms with Gasteiger partial charge in [0.25, 0.3) is 20.0 Å². The lowest BCUT2D eigenvalue weighted by Gasteiger charge is -2.26.